The van der Waals surface area contributed by atoms with E-state index in [1.807, 2.05) is 11.9 Å². The van der Waals surface area contributed by atoms with Crippen molar-refractivity contribution in [1.29, 1.82) is 0 Å². The van der Waals surface area contributed by atoms with Crippen LogP contribution in [-0.4, -0.2) is 30.9 Å². The molecule has 0 aliphatic carbocycles. The summed E-state index contributed by atoms with van der Waals surface area (Å²) in [6.07, 6.45) is 2.89. The van der Waals surface area contributed by atoms with E-state index in [9.17, 15) is 4.79 Å². The molecule has 20 heavy (non-hydrogen) atoms. The number of carbonyl (C=O) groups is 1. The predicted octanol–water partition coefficient (Wildman–Crippen LogP) is 2.90. The molecule has 2 unspecified atom stereocenters. The first kappa shape index (κ1) is 15.0. The maximum Gasteiger partial charge on any atom is 0.222 e. The molecule has 2 atom stereocenters. The summed E-state index contributed by atoms with van der Waals surface area (Å²) in [6, 6.07) is 8.59. The van der Waals surface area contributed by atoms with Crippen molar-refractivity contribution in [2.45, 2.75) is 39.2 Å². The van der Waals surface area contributed by atoms with Crippen LogP contribution in [0.2, 0.25) is 0 Å². The lowest BCUT2D eigenvalue weighted by molar-refractivity contribution is -0.132. The lowest BCUT2D eigenvalue weighted by Gasteiger charge is -2.26. The molecule has 0 saturated carbocycles. The summed E-state index contributed by atoms with van der Waals surface area (Å²) >= 11 is 0. The Labute approximate surface area is 122 Å². The van der Waals surface area contributed by atoms with E-state index in [0.717, 1.165) is 19.5 Å². The Kier molecular flexibility index (Phi) is 5.18. The van der Waals surface area contributed by atoms with Crippen molar-refractivity contribution in [2.24, 2.45) is 5.92 Å². The van der Waals surface area contributed by atoms with Gasteiger partial charge in [0.05, 0.1) is 6.04 Å². The van der Waals surface area contributed by atoms with Crippen molar-refractivity contribution in [2.75, 3.05) is 20.1 Å². The van der Waals surface area contributed by atoms with E-state index in [4.69, 9.17) is 0 Å². The first-order valence-electron chi connectivity index (χ1n) is 7.61. The highest BCUT2D eigenvalue weighted by atomic mass is 16.2. The van der Waals surface area contributed by atoms with Gasteiger partial charge in [-0.15, -0.1) is 0 Å². The van der Waals surface area contributed by atoms with Crippen LogP contribution in [0.25, 0.3) is 0 Å². The van der Waals surface area contributed by atoms with Crippen LogP contribution in [0, 0.1) is 12.8 Å². The summed E-state index contributed by atoms with van der Waals surface area (Å²) in [6.45, 7) is 6.36. The quantitative estimate of drug-likeness (QED) is 0.895. The third-order valence-electron chi connectivity index (χ3n) is 4.46. The first-order chi connectivity index (χ1) is 9.58. The van der Waals surface area contributed by atoms with Crippen molar-refractivity contribution >= 4 is 5.91 Å². The highest BCUT2D eigenvalue weighted by molar-refractivity contribution is 5.76. The van der Waals surface area contributed by atoms with E-state index >= 15 is 0 Å². The maximum atomic E-state index is 12.3. The zero-order valence-corrected chi connectivity index (χ0v) is 12.9. The van der Waals surface area contributed by atoms with Gasteiger partial charge in [-0.3, -0.25) is 4.79 Å². The number of hydrogen-bond acceptors (Lipinski definition) is 2. The fourth-order valence-electron chi connectivity index (χ4n) is 2.75. The molecule has 3 heteroatoms. The minimum Gasteiger partial charge on any atom is -0.339 e. The fraction of sp³-hybridized carbons (Fsp3) is 0.588. The molecule has 110 valence electrons. The van der Waals surface area contributed by atoms with Gasteiger partial charge in [-0.05, 0) is 51.3 Å². The topological polar surface area (TPSA) is 32.3 Å². The molecule has 0 aromatic heterocycles. The summed E-state index contributed by atoms with van der Waals surface area (Å²) in [7, 11) is 1.92. The van der Waals surface area contributed by atoms with E-state index in [1.54, 1.807) is 0 Å². The first-order valence-corrected chi connectivity index (χ1v) is 7.61. The lowest BCUT2D eigenvalue weighted by atomic mass is 10.0. The Hall–Kier alpha value is -1.35. The number of benzene rings is 1. The van der Waals surface area contributed by atoms with E-state index in [0.29, 0.717) is 12.3 Å². The molecule has 1 heterocycles. The molecule has 2 rings (SSSR count). The molecule has 1 saturated heterocycles. The summed E-state index contributed by atoms with van der Waals surface area (Å²) in [4.78, 5) is 14.2. The average molecular weight is 274 g/mol. The van der Waals surface area contributed by atoms with Crippen LogP contribution in [0.15, 0.2) is 24.3 Å². The van der Waals surface area contributed by atoms with Gasteiger partial charge in [0, 0.05) is 13.5 Å². The van der Waals surface area contributed by atoms with Crippen LogP contribution in [0.5, 0.6) is 0 Å². The second-order valence-corrected chi connectivity index (χ2v) is 5.99. The van der Waals surface area contributed by atoms with Gasteiger partial charge in [-0.2, -0.15) is 0 Å². The Morgan fingerprint density at radius 1 is 1.40 bits per heavy atom. The van der Waals surface area contributed by atoms with Crippen LogP contribution in [0.3, 0.4) is 0 Å². The highest BCUT2D eigenvalue weighted by Crippen LogP contribution is 2.21. The fourth-order valence-corrected chi connectivity index (χ4v) is 2.75. The average Bonchev–Trinajstić information content (AvgIpc) is 2.97. The Morgan fingerprint density at radius 2 is 2.10 bits per heavy atom. The van der Waals surface area contributed by atoms with Crippen molar-refractivity contribution in [3.05, 3.63) is 35.4 Å². The lowest BCUT2D eigenvalue weighted by Crippen LogP contribution is -2.30. The van der Waals surface area contributed by atoms with E-state index in [-0.39, 0.29) is 11.9 Å². The van der Waals surface area contributed by atoms with Crippen molar-refractivity contribution in [3.8, 4) is 0 Å². The maximum absolute atomic E-state index is 12.3. The van der Waals surface area contributed by atoms with Crippen LogP contribution in [0.4, 0.5) is 0 Å². The van der Waals surface area contributed by atoms with Gasteiger partial charge in [-0.1, -0.05) is 29.8 Å². The van der Waals surface area contributed by atoms with E-state index in [2.05, 4.69) is 43.4 Å². The van der Waals surface area contributed by atoms with Crippen molar-refractivity contribution in [3.63, 3.8) is 0 Å². The zero-order chi connectivity index (χ0) is 14.5. The van der Waals surface area contributed by atoms with Crippen LogP contribution in [-0.2, 0) is 4.79 Å². The van der Waals surface area contributed by atoms with Gasteiger partial charge in [0.15, 0.2) is 0 Å². The Balaban J connectivity index is 1.86. The number of rotatable bonds is 5. The monoisotopic (exact) mass is 274 g/mol. The number of aryl methyl sites for hydroxylation is 1. The number of nitrogens with zero attached hydrogens (tertiary/aromatic N) is 1. The van der Waals surface area contributed by atoms with Gasteiger partial charge in [-0.25, -0.2) is 0 Å². The van der Waals surface area contributed by atoms with Crippen LogP contribution in [0.1, 0.15) is 43.4 Å². The molecule has 1 aromatic rings. The summed E-state index contributed by atoms with van der Waals surface area (Å²) in [5, 5.41) is 3.35. The van der Waals surface area contributed by atoms with Crippen molar-refractivity contribution in [1.82, 2.24) is 10.2 Å². The van der Waals surface area contributed by atoms with Gasteiger partial charge in [0.1, 0.15) is 0 Å². The number of nitrogens with one attached hydrogen (secondary N) is 1. The summed E-state index contributed by atoms with van der Waals surface area (Å²) in [5.74, 6) is 0.937. The molecule has 1 fully saturated rings. The van der Waals surface area contributed by atoms with Crippen LogP contribution < -0.4 is 5.32 Å². The number of amides is 1. The molecule has 0 radical (unpaired) electrons. The van der Waals surface area contributed by atoms with Gasteiger partial charge >= 0.3 is 0 Å². The third kappa shape index (κ3) is 3.83. The largest absolute Gasteiger partial charge is 0.339 e. The van der Waals surface area contributed by atoms with Gasteiger partial charge in [0.2, 0.25) is 5.91 Å². The molecule has 1 amide bonds. The Morgan fingerprint density at radius 3 is 2.70 bits per heavy atom. The Bertz CT molecular complexity index is 435. The second-order valence-electron chi connectivity index (χ2n) is 5.99. The minimum atomic E-state index is 0.143. The molecule has 1 aliphatic heterocycles. The molecule has 0 spiro atoms. The highest BCUT2D eigenvalue weighted by Gasteiger charge is 2.20. The number of carbonyl (C=O) groups excluding carboxylic acids is 1. The second kappa shape index (κ2) is 6.89. The molecule has 1 aliphatic rings. The summed E-state index contributed by atoms with van der Waals surface area (Å²) < 4.78 is 0. The third-order valence-corrected chi connectivity index (χ3v) is 4.46. The van der Waals surface area contributed by atoms with E-state index in [1.165, 1.54) is 17.5 Å². The SMILES string of the molecule is Cc1ccc(C(C)N(C)C(=O)CCC2CCNC2)cc1. The molecular formula is C17H26N2O. The molecule has 3 nitrogen and oxygen atoms in total. The molecular weight excluding hydrogens is 248 g/mol. The summed E-state index contributed by atoms with van der Waals surface area (Å²) in [5.41, 5.74) is 2.46. The standard InChI is InChI=1S/C17H26N2O/c1-13-4-7-16(8-5-13)14(2)19(3)17(20)9-6-15-10-11-18-12-15/h4-5,7-8,14-15,18H,6,9-12H2,1-3H3. The van der Waals surface area contributed by atoms with Crippen LogP contribution >= 0.6 is 0 Å². The van der Waals surface area contributed by atoms with Crippen molar-refractivity contribution < 1.29 is 4.79 Å². The normalized spacial score (nSPS) is 19.9. The zero-order valence-electron chi connectivity index (χ0n) is 12.9. The minimum absolute atomic E-state index is 0.143. The van der Waals surface area contributed by atoms with Gasteiger partial charge < -0.3 is 10.2 Å². The smallest absolute Gasteiger partial charge is 0.222 e. The molecule has 1 N–H and O–H groups in total. The molecule has 1 aromatic carbocycles. The predicted molar refractivity (Wildman–Crippen MR) is 82.6 cm³/mol. The van der Waals surface area contributed by atoms with Gasteiger partial charge in [0.25, 0.3) is 0 Å². The number of hydrogen-bond donors (Lipinski definition) is 1. The van der Waals surface area contributed by atoms with E-state index < -0.39 is 0 Å². The molecule has 0 bridgehead atoms.